The van der Waals surface area contributed by atoms with E-state index in [0.717, 1.165) is 17.7 Å². The van der Waals surface area contributed by atoms with Gasteiger partial charge in [-0.1, -0.05) is 35.5 Å². The molecule has 2 aromatic carbocycles. The highest BCUT2D eigenvalue weighted by molar-refractivity contribution is 5.71. The molecule has 3 aromatic rings. The zero-order valence-corrected chi connectivity index (χ0v) is 14.7. The average Bonchev–Trinajstić information content (AvgIpc) is 3.14. The number of hydrogen-bond donors (Lipinski definition) is 0. The minimum Gasteiger partial charge on any atom is -0.482 e. The van der Waals surface area contributed by atoms with Crippen LogP contribution in [0.1, 0.15) is 17.0 Å². The van der Waals surface area contributed by atoms with Crippen LogP contribution in [0.5, 0.6) is 5.75 Å². The van der Waals surface area contributed by atoms with Gasteiger partial charge in [0, 0.05) is 5.56 Å². The number of hydrogen-bond acceptors (Lipinski definition) is 6. The Labute approximate surface area is 157 Å². The standard InChI is InChI=1S/C19H15F3N2O4/c1-12-4-2-3-5-15(12)26-11-17(25)27-10-16-23-18(24-28-16)13-6-8-14(9-7-13)19(20,21)22/h2-9H,10-11H2,1H3. The van der Waals surface area contributed by atoms with Crippen LogP contribution in [0.2, 0.25) is 0 Å². The molecule has 0 spiro atoms. The van der Waals surface area contributed by atoms with Crippen LogP contribution < -0.4 is 4.74 Å². The number of nitrogens with zero attached hydrogens (tertiary/aromatic N) is 2. The third-order valence-corrected chi connectivity index (χ3v) is 3.73. The fourth-order valence-electron chi connectivity index (χ4n) is 2.28. The van der Waals surface area contributed by atoms with E-state index in [1.165, 1.54) is 12.1 Å². The molecule has 0 unspecified atom stereocenters. The summed E-state index contributed by atoms with van der Waals surface area (Å²) in [4.78, 5) is 15.8. The van der Waals surface area contributed by atoms with Crippen molar-refractivity contribution in [1.29, 1.82) is 0 Å². The molecular formula is C19H15F3N2O4. The quantitative estimate of drug-likeness (QED) is 0.586. The highest BCUT2D eigenvalue weighted by atomic mass is 19.4. The Morgan fingerprint density at radius 1 is 1.11 bits per heavy atom. The first-order valence-electron chi connectivity index (χ1n) is 8.17. The topological polar surface area (TPSA) is 74.5 Å². The summed E-state index contributed by atoms with van der Waals surface area (Å²) < 4.78 is 53.1. The van der Waals surface area contributed by atoms with Gasteiger partial charge < -0.3 is 14.0 Å². The van der Waals surface area contributed by atoms with Crippen molar-refractivity contribution < 1.29 is 32.0 Å². The number of benzene rings is 2. The number of ether oxygens (including phenoxy) is 2. The smallest absolute Gasteiger partial charge is 0.416 e. The summed E-state index contributed by atoms with van der Waals surface area (Å²) in [6.45, 7) is 1.29. The summed E-state index contributed by atoms with van der Waals surface area (Å²) in [5.41, 5.74) is 0.452. The van der Waals surface area contributed by atoms with E-state index in [4.69, 9.17) is 14.0 Å². The van der Waals surface area contributed by atoms with Gasteiger partial charge >= 0.3 is 12.1 Å². The van der Waals surface area contributed by atoms with Crippen molar-refractivity contribution in [1.82, 2.24) is 10.1 Å². The number of halogens is 3. The highest BCUT2D eigenvalue weighted by Crippen LogP contribution is 2.30. The second-order valence-electron chi connectivity index (χ2n) is 5.80. The van der Waals surface area contributed by atoms with E-state index < -0.39 is 17.7 Å². The number of carbonyl (C=O) groups is 1. The van der Waals surface area contributed by atoms with Crippen LogP contribution in [0, 0.1) is 6.92 Å². The van der Waals surface area contributed by atoms with Crippen molar-refractivity contribution in [3.05, 3.63) is 65.5 Å². The van der Waals surface area contributed by atoms with Crippen LogP contribution in [-0.4, -0.2) is 22.7 Å². The number of esters is 1. The predicted molar refractivity (Wildman–Crippen MR) is 91.2 cm³/mol. The number of alkyl halides is 3. The van der Waals surface area contributed by atoms with E-state index >= 15 is 0 Å². The van der Waals surface area contributed by atoms with Crippen LogP contribution in [0.3, 0.4) is 0 Å². The van der Waals surface area contributed by atoms with Crippen molar-refractivity contribution in [3.8, 4) is 17.1 Å². The maximum atomic E-state index is 12.6. The number of aryl methyl sites for hydroxylation is 1. The highest BCUT2D eigenvalue weighted by Gasteiger charge is 2.30. The van der Waals surface area contributed by atoms with E-state index in [2.05, 4.69) is 10.1 Å². The number of aromatic nitrogens is 2. The fourth-order valence-corrected chi connectivity index (χ4v) is 2.28. The van der Waals surface area contributed by atoms with E-state index in [1.54, 1.807) is 12.1 Å². The zero-order valence-electron chi connectivity index (χ0n) is 14.7. The third kappa shape index (κ3) is 4.87. The van der Waals surface area contributed by atoms with Crippen molar-refractivity contribution in [2.24, 2.45) is 0 Å². The minimum atomic E-state index is -4.42. The van der Waals surface area contributed by atoms with E-state index in [9.17, 15) is 18.0 Å². The van der Waals surface area contributed by atoms with Gasteiger partial charge in [-0.2, -0.15) is 18.2 Å². The van der Waals surface area contributed by atoms with Gasteiger partial charge in [-0.15, -0.1) is 0 Å². The molecule has 0 aliphatic carbocycles. The Hall–Kier alpha value is -3.36. The first-order chi connectivity index (χ1) is 13.3. The average molecular weight is 392 g/mol. The summed E-state index contributed by atoms with van der Waals surface area (Å²) in [5.74, 6) is 0.0504. The number of rotatable bonds is 6. The maximum Gasteiger partial charge on any atom is 0.416 e. The molecule has 0 aliphatic heterocycles. The van der Waals surface area contributed by atoms with Gasteiger partial charge in [-0.25, -0.2) is 4.79 Å². The minimum absolute atomic E-state index is 0.0131. The van der Waals surface area contributed by atoms with Crippen LogP contribution >= 0.6 is 0 Å². The van der Waals surface area contributed by atoms with Gasteiger partial charge in [-0.05, 0) is 30.7 Å². The normalized spacial score (nSPS) is 11.3. The number of para-hydroxylation sites is 1. The summed E-state index contributed by atoms with van der Waals surface area (Å²) in [7, 11) is 0. The Bertz CT molecular complexity index is 952. The molecule has 0 aliphatic rings. The monoisotopic (exact) mass is 392 g/mol. The lowest BCUT2D eigenvalue weighted by Gasteiger charge is -2.07. The van der Waals surface area contributed by atoms with Gasteiger partial charge in [0.25, 0.3) is 5.89 Å². The molecule has 9 heteroatoms. The van der Waals surface area contributed by atoms with E-state index in [1.807, 2.05) is 19.1 Å². The number of carbonyl (C=O) groups excluding carboxylic acids is 1. The van der Waals surface area contributed by atoms with Crippen molar-refractivity contribution >= 4 is 5.97 Å². The molecule has 0 fully saturated rings. The molecule has 0 radical (unpaired) electrons. The van der Waals surface area contributed by atoms with Crippen LogP contribution in [0.15, 0.2) is 53.1 Å². The second-order valence-corrected chi connectivity index (χ2v) is 5.80. The van der Waals surface area contributed by atoms with Crippen molar-refractivity contribution in [2.75, 3.05) is 6.61 Å². The first kappa shape index (κ1) is 19.4. The van der Waals surface area contributed by atoms with E-state index in [-0.39, 0.29) is 24.9 Å². The van der Waals surface area contributed by atoms with Crippen molar-refractivity contribution in [2.45, 2.75) is 19.7 Å². The molecule has 0 N–H and O–H groups in total. The Balaban J connectivity index is 1.53. The van der Waals surface area contributed by atoms with Crippen LogP contribution in [0.4, 0.5) is 13.2 Å². The van der Waals surface area contributed by atoms with Crippen LogP contribution in [0.25, 0.3) is 11.4 Å². The molecule has 1 aromatic heterocycles. The largest absolute Gasteiger partial charge is 0.482 e. The Kier molecular flexibility index (Phi) is 5.62. The van der Waals surface area contributed by atoms with Gasteiger partial charge in [0.05, 0.1) is 5.56 Å². The fraction of sp³-hybridized carbons (Fsp3) is 0.211. The molecule has 0 amide bonds. The lowest BCUT2D eigenvalue weighted by Crippen LogP contribution is -2.15. The SMILES string of the molecule is Cc1ccccc1OCC(=O)OCc1nc(-c2ccc(C(F)(F)F)cc2)no1. The lowest BCUT2D eigenvalue weighted by atomic mass is 10.1. The molecule has 0 atom stereocenters. The summed E-state index contributed by atoms with van der Waals surface area (Å²) in [5, 5.41) is 3.67. The molecule has 0 bridgehead atoms. The Morgan fingerprint density at radius 3 is 2.50 bits per heavy atom. The molecule has 3 rings (SSSR count). The second kappa shape index (κ2) is 8.12. The molecule has 1 heterocycles. The van der Waals surface area contributed by atoms with Crippen LogP contribution in [-0.2, 0) is 22.3 Å². The lowest BCUT2D eigenvalue weighted by molar-refractivity contribution is -0.148. The van der Waals surface area contributed by atoms with Gasteiger partial charge in [0.2, 0.25) is 5.82 Å². The molecule has 146 valence electrons. The summed E-state index contributed by atoms with van der Waals surface area (Å²) >= 11 is 0. The first-order valence-corrected chi connectivity index (χ1v) is 8.17. The predicted octanol–water partition coefficient (Wildman–Crippen LogP) is 4.19. The summed E-state index contributed by atoms with van der Waals surface area (Å²) in [6, 6.07) is 11.5. The Morgan fingerprint density at radius 2 is 1.82 bits per heavy atom. The molecular weight excluding hydrogens is 377 g/mol. The van der Waals surface area contributed by atoms with Gasteiger partial charge in [-0.3, -0.25) is 0 Å². The molecule has 6 nitrogen and oxygen atoms in total. The van der Waals surface area contributed by atoms with Gasteiger partial charge in [0.1, 0.15) is 5.75 Å². The molecule has 28 heavy (non-hydrogen) atoms. The van der Waals surface area contributed by atoms with E-state index in [0.29, 0.717) is 11.3 Å². The molecule has 0 saturated carbocycles. The molecule has 0 saturated heterocycles. The maximum absolute atomic E-state index is 12.6. The third-order valence-electron chi connectivity index (χ3n) is 3.73. The summed E-state index contributed by atoms with van der Waals surface area (Å²) in [6.07, 6.45) is -4.42. The van der Waals surface area contributed by atoms with Gasteiger partial charge in [0.15, 0.2) is 13.2 Å². The zero-order chi connectivity index (χ0) is 20.1. The van der Waals surface area contributed by atoms with Crippen molar-refractivity contribution in [3.63, 3.8) is 0 Å².